The van der Waals surface area contributed by atoms with Gasteiger partial charge in [0.25, 0.3) is 0 Å². The molecule has 3 heterocycles. The summed E-state index contributed by atoms with van der Waals surface area (Å²) in [4.78, 5) is 38.8. The smallest absolute Gasteiger partial charge is 0.308 e. The number of imidazole rings is 1. The topological polar surface area (TPSA) is 142 Å². The summed E-state index contributed by atoms with van der Waals surface area (Å²) in [5.41, 5.74) is 1.33. The maximum Gasteiger partial charge on any atom is 0.308 e. The lowest BCUT2D eigenvalue weighted by atomic mass is 10.1. The Bertz CT molecular complexity index is 1840. The molecule has 4 atom stereocenters. The number of carbonyl (C=O) groups is 2. The molecule has 1 aliphatic heterocycles. The highest BCUT2D eigenvalue weighted by atomic mass is 28.4. The van der Waals surface area contributed by atoms with Crippen LogP contribution in [-0.4, -0.2) is 88.4 Å². The van der Waals surface area contributed by atoms with Crippen LogP contribution in [0.4, 0.5) is 0 Å². The van der Waals surface area contributed by atoms with Gasteiger partial charge in [0.2, 0.25) is 0 Å². The van der Waals surface area contributed by atoms with Crippen LogP contribution >= 0.6 is 0 Å². The second-order valence-electron chi connectivity index (χ2n) is 19.1. The van der Waals surface area contributed by atoms with E-state index in [-0.39, 0.29) is 37.9 Å². The van der Waals surface area contributed by atoms with Crippen LogP contribution in [0.25, 0.3) is 22.4 Å². The van der Waals surface area contributed by atoms with Gasteiger partial charge >= 0.3 is 11.9 Å². The van der Waals surface area contributed by atoms with E-state index >= 15 is 0 Å². The van der Waals surface area contributed by atoms with E-state index in [9.17, 15) is 9.59 Å². The van der Waals surface area contributed by atoms with Crippen LogP contribution in [0.3, 0.4) is 0 Å². The van der Waals surface area contributed by atoms with Crippen molar-refractivity contribution in [2.75, 3.05) is 13.7 Å². The first-order valence-corrected chi connectivity index (χ1v) is 27.7. The van der Waals surface area contributed by atoms with Crippen LogP contribution in [-0.2, 0) is 27.6 Å². The highest BCUT2D eigenvalue weighted by molar-refractivity contribution is 6.75. The average molecular weight is 817 g/mol. The fourth-order valence-electron chi connectivity index (χ4n) is 5.48. The number of hydrogen-bond acceptors (Lipinski definition) is 12. The molecule has 1 fully saturated rings. The Hall–Kier alpha value is -3.00. The minimum absolute atomic E-state index is 0.0108. The third-order valence-corrected chi connectivity index (χ3v) is 25.3. The summed E-state index contributed by atoms with van der Waals surface area (Å²) >= 11 is 0. The summed E-state index contributed by atoms with van der Waals surface area (Å²) in [6.07, 6.45) is 0.881. The zero-order valence-corrected chi connectivity index (χ0v) is 39.3. The van der Waals surface area contributed by atoms with Gasteiger partial charge in [-0.2, -0.15) is 0 Å². The molecular formula is C39H64N4O9Si3. The first kappa shape index (κ1) is 44.7. The van der Waals surface area contributed by atoms with Gasteiger partial charge in [0, 0.05) is 26.0 Å². The van der Waals surface area contributed by atoms with E-state index < -0.39 is 61.4 Å². The van der Waals surface area contributed by atoms with Crippen molar-refractivity contribution in [1.29, 1.82) is 0 Å². The summed E-state index contributed by atoms with van der Waals surface area (Å²) in [7, 11) is -5.56. The number of esters is 2. The van der Waals surface area contributed by atoms with E-state index in [2.05, 4.69) is 107 Å². The van der Waals surface area contributed by atoms with Crippen molar-refractivity contribution in [1.82, 2.24) is 19.5 Å². The maximum absolute atomic E-state index is 12.3. The van der Waals surface area contributed by atoms with Crippen LogP contribution in [0, 0.1) is 0 Å². The van der Waals surface area contributed by atoms with Crippen molar-refractivity contribution in [3.05, 3.63) is 24.8 Å². The number of ether oxygens (including phenoxy) is 4. The van der Waals surface area contributed by atoms with Gasteiger partial charge in [-0.15, -0.1) is 0 Å². The molecule has 0 amide bonds. The van der Waals surface area contributed by atoms with Gasteiger partial charge < -0.3 is 32.2 Å². The quantitative estimate of drug-likeness (QED) is 0.0978. The highest BCUT2D eigenvalue weighted by Gasteiger charge is 2.55. The lowest BCUT2D eigenvalue weighted by molar-refractivity contribution is -0.132. The molecule has 0 saturated carbocycles. The lowest BCUT2D eigenvalue weighted by Crippen LogP contribution is -2.54. The number of benzene rings is 1. The van der Waals surface area contributed by atoms with E-state index in [0.717, 1.165) is 0 Å². The molecule has 55 heavy (non-hydrogen) atoms. The van der Waals surface area contributed by atoms with Crippen molar-refractivity contribution < 1.29 is 41.8 Å². The van der Waals surface area contributed by atoms with Gasteiger partial charge in [-0.3, -0.25) is 14.2 Å². The van der Waals surface area contributed by atoms with Crippen molar-refractivity contribution in [2.24, 2.45) is 0 Å². The van der Waals surface area contributed by atoms with E-state index in [4.69, 9.17) is 42.2 Å². The van der Waals surface area contributed by atoms with Crippen LogP contribution in [0.2, 0.25) is 54.4 Å². The molecule has 0 N–H and O–H groups in total. The lowest BCUT2D eigenvalue weighted by Gasteiger charge is -2.44. The van der Waals surface area contributed by atoms with Crippen LogP contribution in [0.5, 0.6) is 17.2 Å². The average Bonchev–Trinajstić information content (AvgIpc) is 3.58. The molecule has 0 unspecified atom stereocenters. The van der Waals surface area contributed by atoms with Gasteiger partial charge in [0.05, 0.1) is 25.6 Å². The standard InChI is InChI=1S/C39H64N4O9Si3/c1-24(44)48-27-19-26(46-12)20-28(49-25(2)45)30(27)31-32-35(41-22-40-31)43(23-42-32)36-34(52-55(17,18)39(9,10)11)33(51-54(15,16)38(6,7)8)29(50-36)21-47-53(13,14)37(3,4)5/h19-20,22-23,29,33-34,36H,21H2,1-18H3/t29-,33-,34-,36-/m1/s1. The molecule has 1 aromatic carbocycles. The number of rotatable bonds is 12. The molecule has 306 valence electrons. The highest BCUT2D eigenvalue weighted by Crippen LogP contribution is 2.48. The number of hydrogen-bond donors (Lipinski definition) is 0. The molecular weight excluding hydrogens is 753 g/mol. The van der Waals surface area contributed by atoms with Gasteiger partial charge in [-0.05, 0) is 54.4 Å². The summed E-state index contributed by atoms with van der Waals surface area (Å²) in [6.45, 7) is 36.3. The van der Waals surface area contributed by atoms with Crippen molar-refractivity contribution >= 4 is 48.1 Å². The monoisotopic (exact) mass is 816 g/mol. The molecule has 16 heteroatoms. The van der Waals surface area contributed by atoms with Gasteiger partial charge in [-0.1, -0.05) is 62.3 Å². The Morgan fingerprint density at radius 1 is 0.745 bits per heavy atom. The molecule has 1 saturated heterocycles. The fraction of sp³-hybridized carbons (Fsp3) is 0.667. The number of fused-ring (bicyclic) bond motifs is 1. The molecule has 0 spiro atoms. The molecule has 4 rings (SSSR count). The van der Waals surface area contributed by atoms with Gasteiger partial charge in [-0.25, -0.2) is 15.0 Å². The molecule has 1 aliphatic rings. The molecule has 13 nitrogen and oxygen atoms in total. The van der Waals surface area contributed by atoms with E-state index in [1.165, 1.54) is 39.4 Å². The van der Waals surface area contributed by atoms with E-state index in [1.807, 2.05) is 4.57 Å². The Kier molecular flexibility index (Phi) is 12.8. The Labute approximate surface area is 330 Å². The molecule has 3 aromatic rings. The Balaban J connectivity index is 1.97. The second kappa shape index (κ2) is 15.7. The predicted molar refractivity (Wildman–Crippen MR) is 221 cm³/mol. The summed E-state index contributed by atoms with van der Waals surface area (Å²) in [6, 6.07) is 3.07. The summed E-state index contributed by atoms with van der Waals surface area (Å²) < 4.78 is 47.2. The van der Waals surface area contributed by atoms with Crippen LogP contribution in [0.15, 0.2) is 24.8 Å². The van der Waals surface area contributed by atoms with E-state index in [0.29, 0.717) is 23.5 Å². The Morgan fingerprint density at radius 2 is 1.24 bits per heavy atom. The second-order valence-corrected chi connectivity index (χ2v) is 33.4. The largest absolute Gasteiger partial charge is 0.496 e. The first-order valence-electron chi connectivity index (χ1n) is 18.9. The number of nitrogens with zero attached hydrogens (tertiary/aromatic N) is 4. The Morgan fingerprint density at radius 3 is 1.69 bits per heavy atom. The normalized spacial score (nSPS) is 20.2. The third kappa shape index (κ3) is 9.59. The van der Waals surface area contributed by atoms with Crippen molar-refractivity contribution in [3.63, 3.8) is 0 Å². The number of methoxy groups -OCH3 is 1. The number of carbonyl (C=O) groups excluding carboxylic acids is 2. The summed E-state index contributed by atoms with van der Waals surface area (Å²) in [5, 5.41) is -0.211. The minimum atomic E-state index is -2.44. The van der Waals surface area contributed by atoms with Gasteiger partial charge in [0.1, 0.15) is 53.1 Å². The fourth-order valence-corrected chi connectivity index (χ4v) is 9.10. The first-order chi connectivity index (χ1) is 25.0. The molecule has 0 radical (unpaired) electrons. The predicted octanol–water partition coefficient (Wildman–Crippen LogP) is 9.05. The number of aromatic nitrogens is 4. The van der Waals surface area contributed by atoms with Crippen molar-refractivity contribution in [2.45, 2.75) is 155 Å². The van der Waals surface area contributed by atoms with Crippen LogP contribution in [0.1, 0.15) is 82.4 Å². The van der Waals surface area contributed by atoms with Crippen molar-refractivity contribution in [3.8, 4) is 28.5 Å². The molecule has 2 aromatic heterocycles. The van der Waals surface area contributed by atoms with Gasteiger partial charge in [0.15, 0.2) is 36.8 Å². The van der Waals surface area contributed by atoms with E-state index in [1.54, 1.807) is 6.33 Å². The molecule has 0 bridgehead atoms. The minimum Gasteiger partial charge on any atom is -0.496 e. The maximum atomic E-state index is 12.3. The summed E-state index contributed by atoms with van der Waals surface area (Å²) in [5.74, 6) is -0.680. The molecule has 0 aliphatic carbocycles. The third-order valence-electron chi connectivity index (χ3n) is 11.8. The zero-order chi connectivity index (χ0) is 41.7. The SMILES string of the molecule is COc1cc(OC(C)=O)c(-c2ncnc3c2ncn3[C@@H]2O[C@H](CO[Si](C)(C)C(C)(C)C)[C@@H](O[Si](C)(C)C(C)(C)C)[C@H]2O[Si](C)(C)C(C)(C)C)c(OC(C)=O)c1. The zero-order valence-electron chi connectivity index (χ0n) is 36.3. The van der Waals surface area contributed by atoms with Crippen LogP contribution < -0.4 is 14.2 Å².